The van der Waals surface area contributed by atoms with Crippen LogP contribution in [0.1, 0.15) is 32.8 Å². The van der Waals surface area contributed by atoms with E-state index in [0.717, 1.165) is 17.8 Å². The highest BCUT2D eigenvalue weighted by Gasteiger charge is 2.12. The van der Waals surface area contributed by atoms with Crippen molar-refractivity contribution < 1.29 is 0 Å². The predicted octanol–water partition coefficient (Wildman–Crippen LogP) is 2.21. The first-order valence-corrected chi connectivity index (χ1v) is 5.39. The Bertz CT molecular complexity index is 324. The van der Waals surface area contributed by atoms with Crippen molar-refractivity contribution in [1.82, 2.24) is 9.97 Å². The normalized spacial score (nSPS) is 14.7. The quantitative estimate of drug-likeness (QED) is 0.796. The number of nitrogens with two attached hydrogens (primary N) is 1. The van der Waals surface area contributed by atoms with E-state index in [4.69, 9.17) is 5.73 Å². The number of nitrogen functional groups attached to an aromatic ring is 1. The summed E-state index contributed by atoms with van der Waals surface area (Å²) < 4.78 is 0. The van der Waals surface area contributed by atoms with E-state index in [-0.39, 0.29) is 0 Å². The van der Waals surface area contributed by atoms with Gasteiger partial charge in [0, 0.05) is 11.6 Å². The molecule has 0 radical (unpaired) electrons. The van der Waals surface area contributed by atoms with Crippen LogP contribution >= 0.6 is 0 Å². The van der Waals surface area contributed by atoms with Gasteiger partial charge in [0.05, 0.1) is 0 Å². The highest BCUT2D eigenvalue weighted by atomic mass is 15.1. The third kappa shape index (κ3) is 2.81. The van der Waals surface area contributed by atoms with Crippen molar-refractivity contribution in [3.63, 3.8) is 0 Å². The monoisotopic (exact) mass is 208 g/mol. The van der Waals surface area contributed by atoms with Crippen molar-refractivity contribution in [2.24, 2.45) is 5.92 Å². The van der Waals surface area contributed by atoms with Crippen molar-refractivity contribution in [3.05, 3.63) is 11.9 Å². The summed E-state index contributed by atoms with van der Waals surface area (Å²) in [5, 5.41) is 3.37. The van der Waals surface area contributed by atoms with Crippen LogP contribution in [0.2, 0.25) is 0 Å². The van der Waals surface area contributed by atoms with Crippen molar-refractivity contribution in [1.29, 1.82) is 0 Å². The second-order valence-corrected chi connectivity index (χ2v) is 4.05. The smallest absolute Gasteiger partial charge is 0.134 e. The Kier molecular flexibility index (Phi) is 3.88. The standard InChI is InChI=1S/C11H20N4/c1-5-7(2)9(4)15-11-8(3)10(12)13-6-14-11/h6-7,9H,5H2,1-4H3,(H3,12,13,14,15). The van der Waals surface area contributed by atoms with Gasteiger partial charge < -0.3 is 11.1 Å². The van der Waals surface area contributed by atoms with Crippen molar-refractivity contribution in [2.75, 3.05) is 11.1 Å². The Morgan fingerprint density at radius 2 is 2.07 bits per heavy atom. The van der Waals surface area contributed by atoms with Gasteiger partial charge in [-0.1, -0.05) is 20.3 Å². The second kappa shape index (κ2) is 4.96. The number of rotatable bonds is 4. The molecule has 0 aliphatic carbocycles. The van der Waals surface area contributed by atoms with E-state index >= 15 is 0 Å². The molecule has 2 atom stereocenters. The fraction of sp³-hybridized carbons (Fsp3) is 0.636. The van der Waals surface area contributed by atoms with E-state index < -0.39 is 0 Å². The predicted molar refractivity (Wildman–Crippen MR) is 63.7 cm³/mol. The summed E-state index contributed by atoms with van der Waals surface area (Å²) in [4.78, 5) is 8.13. The molecule has 0 saturated heterocycles. The van der Waals surface area contributed by atoms with Crippen LogP contribution in [0.5, 0.6) is 0 Å². The molecule has 4 nitrogen and oxygen atoms in total. The molecule has 0 aromatic carbocycles. The molecule has 84 valence electrons. The first-order valence-electron chi connectivity index (χ1n) is 5.39. The maximum Gasteiger partial charge on any atom is 0.134 e. The Balaban J connectivity index is 2.76. The Hall–Kier alpha value is -1.32. The van der Waals surface area contributed by atoms with Gasteiger partial charge in [-0.25, -0.2) is 9.97 Å². The molecule has 1 aromatic rings. The molecule has 0 amide bonds. The fourth-order valence-corrected chi connectivity index (χ4v) is 1.32. The van der Waals surface area contributed by atoms with Crippen molar-refractivity contribution >= 4 is 11.6 Å². The Morgan fingerprint density at radius 1 is 1.40 bits per heavy atom. The molecule has 1 heterocycles. The van der Waals surface area contributed by atoms with Gasteiger partial charge in [-0.3, -0.25) is 0 Å². The van der Waals surface area contributed by atoms with Gasteiger partial charge >= 0.3 is 0 Å². The third-order valence-corrected chi connectivity index (χ3v) is 2.98. The highest BCUT2D eigenvalue weighted by molar-refractivity contribution is 5.54. The molecule has 0 saturated carbocycles. The second-order valence-electron chi connectivity index (χ2n) is 4.05. The van der Waals surface area contributed by atoms with E-state index in [1.165, 1.54) is 6.33 Å². The van der Waals surface area contributed by atoms with E-state index in [2.05, 4.69) is 36.1 Å². The lowest BCUT2D eigenvalue weighted by molar-refractivity contribution is 0.493. The van der Waals surface area contributed by atoms with Gasteiger partial charge in [-0.05, 0) is 19.8 Å². The number of nitrogens with zero attached hydrogens (tertiary/aromatic N) is 2. The molecular weight excluding hydrogens is 188 g/mol. The van der Waals surface area contributed by atoms with Gasteiger partial charge in [-0.15, -0.1) is 0 Å². The fourth-order valence-electron chi connectivity index (χ4n) is 1.32. The summed E-state index contributed by atoms with van der Waals surface area (Å²) in [7, 11) is 0. The maximum atomic E-state index is 5.71. The van der Waals surface area contributed by atoms with Crippen molar-refractivity contribution in [3.8, 4) is 0 Å². The maximum absolute atomic E-state index is 5.71. The summed E-state index contributed by atoms with van der Waals surface area (Å²) in [6, 6.07) is 0.392. The molecule has 2 unspecified atom stereocenters. The average Bonchev–Trinajstić information content (AvgIpc) is 2.23. The van der Waals surface area contributed by atoms with Crippen LogP contribution < -0.4 is 11.1 Å². The Labute approximate surface area is 91.3 Å². The topological polar surface area (TPSA) is 63.8 Å². The molecule has 1 aromatic heterocycles. The zero-order valence-electron chi connectivity index (χ0n) is 9.91. The molecule has 0 aliphatic heterocycles. The minimum absolute atomic E-state index is 0.392. The van der Waals surface area contributed by atoms with Crippen LogP contribution in [0.3, 0.4) is 0 Å². The number of aromatic nitrogens is 2. The number of hydrogen-bond donors (Lipinski definition) is 2. The SMILES string of the molecule is CCC(C)C(C)Nc1ncnc(N)c1C. The molecule has 4 heteroatoms. The lowest BCUT2D eigenvalue weighted by Gasteiger charge is -2.21. The van der Waals surface area contributed by atoms with Crippen LogP contribution in [0.4, 0.5) is 11.6 Å². The minimum atomic E-state index is 0.392. The van der Waals surface area contributed by atoms with Gasteiger partial charge in [0.15, 0.2) is 0 Å². The first-order chi connectivity index (χ1) is 7.06. The van der Waals surface area contributed by atoms with Crippen LogP contribution in [0, 0.1) is 12.8 Å². The number of nitrogens with one attached hydrogen (secondary N) is 1. The van der Waals surface area contributed by atoms with Gasteiger partial charge in [0.2, 0.25) is 0 Å². The zero-order valence-corrected chi connectivity index (χ0v) is 9.91. The largest absolute Gasteiger partial charge is 0.383 e. The molecule has 0 aliphatic rings. The molecule has 0 bridgehead atoms. The molecule has 3 N–H and O–H groups in total. The number of anilines is 2. The highest BCUT2D eigenvalue weighted by Crippen LogP contribution is 2.18. The van der Waals surface area contributed by atoms with E-state index in [1.807, 2.05) is 6.92 Å². The summed E-state index contributed by atoms with van der Waals surface area (Å²) in [5.74, 6) is 2.00. The summed E-state index contributed by atoms with van der Waals surface area (Å²) in [6.07, 6.45) is 2.64. The first kappa shape index (κ1) is 11.8. The molecule has 1 rings (SSSR count). The number of hydrogen-bond acceptors (Lipinski definition) is 4. The van der Waals surface area contributed by atoms with Crippen LogP contribution in [0.15, 0.2) is 6.33 Å². The zero-order chi connectivity index (χ0) is 11.4. The van der Waals surface area contributed by atoms with Gasteiger partial charge in [0.25, 0.3) is 0 Å². The van der Waals surface area contributed by atoms with Crippen molar-refractivity contribution in [2.45, 2.75) is 40.2 Å². The third-order valence-electron chi connectivity index (χ3n) is 2.98. The van der Waals surface area contributed by atoms with Crippen LogP contribution in [0.25, 0.3) is 0 Å². The summed E-state index contributed by atoms with van der Waals surface area (Å²) >= 11 is 0. The summed E-state index contributed by atoms with van der Waals surface area (Å²) in [6.45, 7) is 8.49. The molecule has 0 spiro atoms. The van der Waals surface area contributed by atoms with Crippen LogP contribution in [-0.2, 0) is 0 Å². The molecule has 15 heavy (non-hydrogen) atoms. The van der Waals surface area contributed by atoms with E-state index in [1.54, 1.807) is 0 Å². The molecular formula is C11H20N4. The van der Waals surface area contributed by atoms with Crippen LogP contribution in [-0.4, -0.2) is 16.0 Å². The van der Waals surface area contributed by atoms with E-state index in [0.29, 0.717) is 17.8 Å². The molecule has 0 fully saturated rings. The lowest BCUT2D eigenvalue weighted by atomic mass is 10.0. The Morgan fingerprint density at radius 3 is 2.67 bits per heavy atom. The average molecular weight is 208 g/mol. The van der Waals surface area contributed by atoms with Gasteiger partial charge in [-0.2, -0.15) is 0 Å². The lowest BCUT2D eigenvalue weighted by Crippen LogP contribution is -2.24. The summed E-state index contributed by atoms with van der Waals surface area (Å²) in [5.41, 5.74) is 6.64. The minimum Gasteiger partial charge on any atom is -0.383 e. The van der Waals surface area contributed by atoms with E-state index in [9.17, 15) is 0 Å². The van der Waals surface area contributed by atoms with Gasteiger partial charge in [0.1, 0.15) is 18.0 Å².